The van der Waals surface area contributed by atoms with E-state index in [4.69, 9.17) is 0 Å². The summed E-state index contributed by atoms with van der Waals surface area (Å²) in [6.45, 7) is 3.59. The Morgan fingerprint density at radius 1 is 1.05 bits per heavy atom. The Hall–Kier alpha value is -2.55. The lowest BCUT2D eigenvalue weighted by Crippen LogP contribution is -2.06. The number of benzene rings is 2. The van der Waals surface area contributed by atoms with Crippen molar-refractivity contribution in [3.8, 4) is 11.3 Å². The number of H-pyrrole nitrogens is 1. The quantitative estimate of drug-likeness (QED) is 0.719. The van der Waals surface area contributed by atoms with Gasteiger partial charge in [-0.25, -0.2) is 0 Å². The second-order valence-electron chi connectivity index (χ2n) is 4.97. The van der Waals surface area contributed by atoms with Crippen molar-refractivity contribution in [2.24, 2.45) is 0 Å². The van der Waals surface area contributed by atoms with E-state index in [0.29, 0.717) is 0 Å². The summed E-state index contributed by atoms with van der Waals surface area (Å²) in [7, 11) is 0. The smallest absolute Gasteiger partial charge is 0.221 e. The van der Waals surface area contributed by atoms with Crippen LogP contribution in [0.3, 0.4) is 0 Å². The zero-order chi connectivity index (χ0) is 14.1. The van der Waals surface area contributed by atoms with Crippen LogP contribution in [0.15, 0.2) is 48.5 Å². The number of para-hydroxylation sites is 1. The summed E-state index contributed by atoms with van der Waals surface area (Å²) in [6, 6.07) is 16.2. The number of fused-ring (bicyclic) bond motifs is 1. The number of amides is 1. The molecule has 0 saturated heterocycles. The third-order valence-corrected chi connectivity index (χ3v) is 3.35. The van der Waals surface area contributed by atoms with E-state index in [1.54, 1.807) is 0 Å². The molecule has 0 fully saturated rings. The van der Waals surface area contributed by atoms with Crippen LogP contribution in [0.25, 0.3) is 22.2 Å². The number of carbonyl (C=O) groups is 1. The van der Waals surface area contributed by atoms with Crippen LogP contribution in [0, 0.1) is 6.92 Å². The molecule has 3 nitrogen and oxygen atoms in total. The van der Waals surface area contributed by atoms with Crippen LogP contribution in [0.4, 0.5) is 5.69 Å². The molecule has 2 aromatic carbocycles. The molecule has 1 heterocycles. The molecule has 20 heavy (non-hydrogen) atoms. The first-order valence-electron chi connectivity index (χ1n) is 6.60. The van der Waals surface area contributed by atoms with Crippen molar-refractivity contribution < 1.29 is 4.79 Å². The number of aromatic amines is 1. The van der Waals surface area contributed by atoms with Crippen LogP contribution in [-0.2, 0) is 4.79 Å². The van der Waals surface area contributed by atoms with Crippen molar-refractivity contribution >= 4 is 22.5 Å². The maximum Gasteiger partial charge on any atom is 0.221 e. The molecule has 1 aromatic heterocycles. The Morgan fingerprint density at radius 2 is 1.75 bits per heavy atom. The van der Waals surface area contributed by atoms with E-state index in [-0.39, 0.29) is 5.91 Å². The van der Waals surface area contributed by atoms with Gasteiger partial charge in [0.2, 0.25) is 5.91 Å². The van der Waals surface area contributed by atoms with Gasteiger partial charge < -0.3 is 10.3 Å². The fourth-order valence-corrected chi connectivity index (χ4v) is 2.38. The first-order chi connectivity index (χ1) is 9.65. The number of aromatic nitrogens is 1. The summed E-state index contributed by atoms with van der Waals surface area (Å²) < 4.78 is 0. The number of hydrogen-bond donors (Lipinski definition) is 2. The summed E-state index contributed by atoms with van der Waals surface area (Å²) in [5, 5.41) is 3.97. The van der Waals surface area contributed by atoms with Gasteiger partial charge in [-0.05, 0) is 13.0 Å². The Bertz CT molecular complexity index is 769. The Labute approximate surface area is 117 Å². The third-order valence-electron chi connectivity index (χ3n) is 3.35. The number of nitrogens with one attached hydrogen (secondary N) is 2. The summed E-state index contributed by atoms with van der Waals surface area (Å²) in [5.41, 5.74) is 5.09. The fraction of sp³-hybridized carbons (Fsp3) is 0.118. The Balaban J connectivity index is 2.23. The highest BCUT2D eigenvalue weighted by atomic mass is 16.1. The molecule has 0 bridgehead atoms. The third kappa shape index (κ3) is 2.18. The summed E-state index contributed by atoms with van der Waals surface area (Å²) in [5.74, 6) is -0.0666. The summed E-state index contributed by atoms with van der Waals surface area (Å²) >= 11 is 0. The molecule has 0 saturated carbocycles. The molecule has 3 heteroatoms. The largest absolute Gasteiger partial charge is 0.353 e. The monoisotopic (exact) mass is 264 g/mol. The zero-order valence-corrected chi connectivity index (χ0v) is 11.5. The van der Waals surface area contributed by atoms with Crippen LogP contribution in [-0.4, -0.2) is 10.9 Å². The number of anilines is 1. The van der Waals surface area contributed by atoms with Crippen LogP contribution in [0.2, 0.25) is 0 Å². The SMILES string of the molecule is CC(=O)Nc1c(-c2ccc(C)cc2)[nH]c2ccccc12. The number of rotatable bonds is 2. The standard InChI is InChI=1S/C17H16N2O/c1-11-7-9-13(10-8-11)16-17(18-12(2)20)14-5-3-4-6-15(14)19-16/h3-10,19H,1-2H3,(H,18,20). The van der Waals surface area contributed by atoms with E-state index in [1.807, 2.05) is 24.3 Å². The fourth-order valence-electron chi connectivity index (χ4n) is 2.38. The molecule has 0 aliphatic heterocycles. The second-order valence-corrected chi connectivity index (χ2v) is 4.97. The van der Waals surface area contributed by atoms with Gasteiger partial charge in [0.1, 0.15) is 0 Å². The predicted molar refractivity (Wildman–Crippen MR) is 82.8 cm³/mol. The molecular weight excluding hydrogens is 248 g/mol. The molecule has 0 aliphatic carbocycles. The maximum absolute atomic E-state index is 11.5. The highest BCUT2D eigenvalue weighted by molar-refractivity contribution is 6.07. The lowest BCUT2D eigenvalue weighted by molar-refractivity contribution is -0.114. The van der Waals surface area contributed by atoms with Gasteiger partial charge in [-0.3, -0.25) is 4.79 Å². The van der Waals surface area contributed by atoms with Gasteiger partial charge in [0, 0.05) is 23.4 Å². The summed E-state index contributed by atoms with van der Waals surface area (Å²) in [6.07, 6.45) is 0. The molecule has 0 spiro atoms. The van der Waals surface area contributed by atoms with Crippen LogP contribution >= 0.6 is 0 Å². The molecule has 3 aromatic rings. The Kier molecular flexibility index (Phi) is 3.03. The maximum atomic E-state index is 11.5. The predicted octanol–water partition coefficient (Wildman–Crippen LogP) is 4.10. The molecule has 0 aliphatic rings. The topological polar surface area (TPSA) is 44.9 Å². The minimum absolute atomic E-state index is 0.0666. The van der Waals surface area contributed by atoms with Gasteiger partial charge >= 0.3 is 0 Å². The van der Waals surface area contributed by atoms with E-state index in [2.05, 4.69) is 41.5 Å². The molecule has 100 valence electrons. The number of aryl methyl sites for hydroxylation is 1. The lowest BCUT2D eigenvalue weighted by atomic mass is 10.1. The second kappa shape index (κ2) is 4.85. The zero-order valence-electron chi connectivity index (χ0n) is 11.5. The number of carbonyl (C=O) groups excluding carboxylic acids is 1. The van der Waals surface area contributed by atoms with Gasteiger partial charge in [-0.2, -0.15) is 0 Å². The molecule has 2 N–H and O–H groups in total. The van der Waals surface area contributed by atoms with Crippen LogP contribution in [0.5, 0.6) is 0 Å². The highest BCUT2D eigenvalue weighted by Crippen LogP contribution is 2.34. The van der Waals surface area contributed by atoms with Crippen molar-refractivity contribution in [3.63, 3.8) is 0 Å². The van der Waals surface area contributed by atoms with Crippen LogP contribution in [0.1, 0.15) is 12.5 Å². The van der Waals surface area contributed by atoms with E-state index in [1.165, 1.54) is 12.5 Å². The highest BCUT2D eigenvalue weighted by Gasteiger charge is 2.13. The van der Waals surface area contributed by atoms with Gasteiger partial charge in [-0.15, -0.1) is 0 Å². The average molecular weight is 264 g/mol. The minimum Gasteiger partial charge on any atom is -0.353 e. The molecule has 0 unspecified atom stereocenters. The molecule has 3 rings (SSSR count). The summed E-state index contributed by atoms with van der Waals surface area (Å²) in [4.78, 5) is 14.9. The van der Waals surface area contributed by atoms with Crippen molar-refractivity contribution in [3.05, 3.63) is 54.1 Å². The first-order valence-corrected chi connectivity index (χ1v) is 6.60. The molecule has 0 radical (unpaired) electrons. The van der Waals surface area contributed by atoms with E-state index in [9.17, 15) is 4.79 Å². The van der Waals surface area contributed by atoms with Gasteiger partial charge in [0.05, 0.1) is 11.4 Å². The van der Waals surface area contributed by atoms with Gasteiger partial charge in [0.15, 0.2) is 0 Å². The van der Waals surface area contributed by atoms with E-state index >= 15 is 0 Å². The van der Waals surface area contributed by atoms with Gasteiger partial charge in [0.25, 0.3) is 0 Å². The lowest BCUT2D eigenvalue weighted by Gasteiger charge is -2.06. The first kappa shape index (κ1) is 12.5. The van der Waals surface area contributed by atoms with Crippen molar-refractivity contribution in [2.75, 3.05) is 5.32 Å². The molecular formula is C17H16N2O. The van der Waals surface area contributed by atoms with E-state index < -0.39 is 0 Å². The minimum atomic E-state index is -0.0666. The normalized spacial score (nSPS) is 10.7. The molecule has 1 amide bonds. The average Bonchev–Trinajstić information content (AvgIpc) is 2.78. The number of hydrogen-bond acceptors (Lipinski definition) is 1. The van der Waals surface area contributed by atoms with E-state index in [0.717, 1.165) is 27.8 Å². The van der Waals surface area contributed by atoms with Crippen LogP contribution < -0.4 is 5.32 Å². The Morgan fingerprint density at radius 3 is 2.45 bits per heavy atom. The van der Waals surface area contributed by atoms with Crippen molar-refractivity contribution in [1.29, 1.82) is 0 Å². The van der Waals surface area contributed by atoms with Crippen molar-refractivity contribution in [2.45, 2.75) is 13.8 Å². The van der Waals surface area contributed by atoms with Gasteiger partial charge in [-0.1, -0.05) is 48.0 Å². The van der Waals surface area contributed by atoms with Crippen molar-refractivity contribution in [1.82, 2.24) is 4.98 Å². The molecule has 0 atom stereocenters.